The molecule has 4 aromatic rings. The predicted octanol–water partition coefficient (Wildman–Crippen LogP) is 6.04. The number of fused-ring (bicyclic) bond motifs is 1. The highest BCUT2D eigenvalue weighted by Crippen LogP contribution is 2.44. The second kappa shape index (κ2) is 15.1. The van der Waals surface area contributed by atoms with Gasteiger partial charge in [0.25, 0.3) is 5.23 Å². The lowest BCUT2D eigenvalue weighted by Crippen LogP contribution is -2.14. The molecule has 1 aliphatic rings. The highest BCUT2D eigenvalue weighted by atomic mass is 35.5. The number of ether oxygens (including phenoxy) is 6. The molecule has 1 atom stereocenters. The van der Waals surface area contributed by atoms with E-state index in [1.165, 1.54) is 59.8 Å². The van der Waals surface area contributed by atoms with Crippen molar-refractivity contribution in [3.63, 3.8) is 0 Å². The van der Waals surface area contributed by atoms with Crippen LogP contribution in [0.4, 0.5) is 0 Å². The minimum atomic E-state index is -4.11. The summed E-state index contributed by atoms with van der Waals surface area (Å²) in [6, 6.07) is 12.1. The number of halogens is 1. The molecular formula is C32H33ClN2O11S2. The molecule has 13 nitrogen and oxygen atoms in total. The maximum absolute atomic E-state index is 14.0. The lowest BCUT2D eigenvalue weighted by atomic mass is 10.1. The molecule has 0 spiro atoms. The summed E-state index contributed by atoms with van der Waals surface area (Å²) in [6.45, 7) is 0.128. The van der Waals surface area contributed by atoms with Gasteiger partial charge in [-0.3, -0.25) is 4.79 Å². The Labute approximate surface area is 284 Å². The zero-order chi connectivity index (χ0) is 34.4. The van der Waals surface area contributed by atoms with Gasteiger partial charge < -0.3 is 37.0 Å². The number of hydrogen-bond donors (Lipinski definition) is 1. The van der Waals surface area contributed by atoms with E-state index in [1.54, 1.807) is 29.8 Å². The molecule has 48 heavy (non-hydrogen) atoms. The van der Waals surface area contributed by atoms with Gasteiger partial charge in [0.1, 0.15) is 27.4 Å². The van der Waals surface area contributed by atoms with E-state index in [9.17, 15) is 13.2 Å². The topological polar surface area (TPSA) is 154 Å². The largest absolute Gasteiger partial charge is 0.496 e. The lowest BCUT2D eigenvalue weighted by Gasteiger charge is -2.17. The molecule has 0 N–H and O–H groups in total. The molecule has 0 amide bonds. The van der Waals surface area contributed by atoms with E-state index < -0.39 is 26.4 Å². The van der Waals surface area contributed by atoms with E-state index >= 15 is 0 Å². The first-order chi connectivity index (χ1) is 23.1. The average Bonchev–Trinajstić information content (AvgIpc) is 3.53. The third-order valence-corrected chi connectivity index (χ3v) is 10.6. The highest BCUT2D eigenvalue weighted by molar-refractivity contribution is 8.40. The van der Waals surface area contributed by atoms with E-state index in [0.29, 0.717) is 52.2 Å². The molecule has 256 valence electrons. The van der Waals surface area contributed by atoms with Crippen LogP contribution in [0, 0.1) is 0 Å². The Balaban J connectivity index is 1.38. The van der Waals surface area contributed by atoms with Crippen molar-refractivity contribution in [2.45, 2.75) is 17.7 Å². The maximum atomic E-state index is 14.0. The normalized spacial score (nSPS) is 14.8. The summed E-state index contributed by atoms with van der Waals surface area (Å²) in [7, 11) is 2.06. The Morgan fingerprint density at radius 2 is 1.52 bits per heavy atom. The zero-order valence-corrected chi connectivity index (χ0v) is 29.1. The average molecular weight is 721 g/mol. The molecule has 0 saturated heterocycles. The molecule has 2 heterocycles. The number of nitrogens with zero attached hydrogens (tertiary/aromatic N) is 2. The van der Waals surface area contributed by atoms with Crippen LogP contribution >= 0.6 is 22.5 Å². The lowest BCUT2D eigenvalue weighted by molar-refractivity contribution is 0.301. The van der Waals surface area contributed by atoms with Crippen LogP contribution in [-0.2, 0) is 14.3 Å². The van der Waals surface area contributed by atoms with Gasteiger partial charge in [-0.15, -0.1) is 21.1 Å². The Bertz CT molecular complexity index is 2010. The van der Waals surface area contributed by atoms with E-state index in [2.05, 4.69) is 10.2 Å². The standard InChI is InChI=1S/C32H33ClN2O11S2/c1-39-21-16-23(40-2)27-24(17-21)45-29(19-14-25(41-3)30(43-5)26(15-19)42-4)31(28(27)36)44-12-6-7-13-47-18-34-35-32(47)46-48(37,38)22-10-8-20(33)9-11-22/h8-11,14-18,47H,6-7,12-13H2,1-5H3. The van der Waals surface area contributed by atoms with Crippen LogP contribution in [0.1, 0.15) is 12.8 Å². The molecule has 0 saturated carbocycles. The van der Waals surface area contributed by atoms with Crippen LogP contribution in [0.3, 0.4) is 0 Å². The van der Waals surface area contributed by atoms with Gasteiger partial charge in [0.15, 0.2) is 17.3 Å². The summed E-state index contributed by atoms with van der Waals surface area (Å²) < 4.78 is 70.7. The maximum Gasteiger partial charge on any atom is 0.341 e. The molecule has 1 aliphatic heterocycles. The Hall–Kier alpha value is -4.60. The smallest absolute Gasteiger partial charge is 0.341 e. The minimum Gasteiger partial charge on any atom is -0.496 e. The van der Waals surface area contributed by atoms with Crippen LogP contribution in [0.15, 0.2) is 72.8 Å². The first kappa shape index (κ1) is 34.7. The van der Waals surface area contributed by atoms with E-state index in [0.717, 1.165) is 0 Å². The fourth-order valence-corrected chi connectivity index (χ4v) is 7.73. The Morgan fingerprint density at radius 3 is 2.15 bits per heavy atom. The van der Waals surface area contributed by atoms with Crippen molar-refractivity contribution in [1.82, 2.24) is 0 Å². The predicted molar refractivity (Wildman–Crippen MR) is 185 cm³/mol. The third kappa shape index (κ3) is 7.27. The van der Waals surface area contributed by atoms with Crippen molar-refractivity contribution in [3.8, 4) is 45.8 Å². The van der Waals surface area contributed by atoms with Crippen molar-refractivity contribution in [3.05, 3.63) is 63.8 Å². The fourth-order valence-electron chi connectivity index (χ4n) is 4.82. The van der Waals surface area contributed by atoms with Crippen molar-refractivity contribution in [2.24, 2.45) is 10.2 Å². The highest BCUT2D eigenvalue weighted by Gasteiger charge is 2.26. The molecule has 1 aromatic heterocycles. The van der Waals surface area contributed by atoms with Gasteiger partial charge in [-0.2, -0.15) is 8.42 Å². The Kier molecular flexibility index (Phi) is 10.9. The molecule has 3 aromatic carbocycles. The third-order valence-electron chi connectivity index (χ3n) is 7.18. The second-order valence-electron chi connectivity index (χ2n) is 10.1. The van der Waals surface area contributed by atoms with Crippen LogP contribution in [-0.4, -0.2) is 67.1 Å². The Morgan fingerprint density at radius 1 is 0.833 bits per heavy atom. The fraction of sp³-hybridized carbons (Fsp3) is 0.281. The molecule has 5 rings (SSSR count). The van der Waals surface area contributed by atoms with Crippen LogP contribution in [0.25, 0.3) is 22.3 Å². The van der Waals surface area contributed by atoms with Gasteiger partial charge in [-0.25, -0.2) is 0 Å². The first-order valence-electron chi connectivity index (χ1n) is 14.4. The van der Waals surface area contributed by atoms with Gasteiger partial charge >= 0.3 is 10.1 Å². The quantitative estimate of drug-likeness (QED) is 0.0922. The molecule has 0 fully saturated rings. The summed E-state index contributed by atoms with van der Waals surface area (Å²) in [4.78, 5) is 14.0. The van der Waals surface area contributed by atoms with Gasteiger partial charge in [-0.1, -0.05) is 11.6 Å². The van der Waals surface area contributed by atoms with Crippen molar-refractivity contribution in [2.75, 3.05) is 47.9 Å². The van der Waals surface area contributed by atoms with Crippen molar-refractivity contribution < 1.29 is 45.4 Å². The van der Waals surface area contributed by atoms with Crippen LogP contribution < -0.4 is 33.8 Å². The van der Waals surface area contributed by atoms with Crippen molar-refractivity contribution in [1.29, 1.82) is 0 Å². The van der Waals surface area contributed by atoms with Gasteiger partial charge in [0, 0.05) is 22.7 Å². The molecule has 0 radical (unpaired) electrons. The summed E-state index contributed by atoms with van der Waals surface area (Å²) in [5, 5.41) is 8.39. The number of rotatable bonds is 14. The summed E-state index contributed by atoms with van der Waals surface area (Å²) >= 11 is 5.88. The summed E-state index contributed by atoms with van der Waals surface area (Å²) in [5.41, 5.74) is 1.79. The van der Waals surface area contributed by atoms with Crippen molar-refractivity contribution >= 4 is 54.4 Å². The molecule has 1 unspecified atom stereocenters. The molecular weight excluding hydrogens is 688 g/mol. The van der Waals surface area contributed by atoms with Gasteiger partial charge in [0.05, 0.1) is 47.7 Å². The monoisotopic (exact) mass is 720 g/mol. The van der Waals surface area contributed by atoms with Gasteiger partial charge in [-0.05, 0) is 55.0 Å². The zero-order valence-electron chi connectivity index (χ0n) is 26.6. The first-order valence-corrected chi connectivity index (χ1v) is 17.8. The van der Waals surface area contributed by atoms with E-state index in [4.69, 9.17) is 48.6 Å². The summed E-state index contributed by atoms with van der Waals surface area (Å²) in [5.74, 6) is 2.35. The van der Waals surface area contributed by atoms with E-state index in [-0.39, 0.29) is 45.0 Å². The summed E-state index contributed by atoms with van der Waals surface area (Å²) in [6.07, 6.45) is 1.08. The molecule has 0 aliphatic carbocycles. The minimum absolute atomic E-state index is 0.0308. The van der Waals surface area contributed by atoms with Crippen LogP contribution in [0.5, 0.6) is 34.5 Å². The number of methoxy groups -OCH3 is 5. The SMILES string of the molecule is COc1cc(OC)c2c(=O)c(OCCCC[SH]3C=NN=C3OS(=O)(=O)c3ccc(Cl)cc3)c(-c3cc(OC)c(OC)c(OC)c3)oc2c1. The number of thiol groups is 1. The number of unbranched alkanes of at least 4 members (excludes halogenated alkanes) is 1. The molecule has 16 heteroatoms. The van der Waals surface area contributed by atoms with Gasteiger partial charge in [0.2, 0.25) is 16.9 Å². The van der Waals surface area contributed by atoms with E-state index in [1.807, 2.05) is 0 Å². The van der Waals surface area contributed by atoms with Crippen LogP contribution in [0.2, 0.25) is 5.02 Å². The molecule has 0 bridgehead atoms. The second-order valence-corrected chi connectivity index (χ2v) is 14.0. The number of hydrogen-bond acceptors (Lipinski definition) is 13. The number of benzene rings is 3.